The second-order valence-corrected chi connectivity index (χ2v) is 9.38. The molecule has 2 heterocycles. The van der Waals surface area contributed by atoms with Crippen molar-refractivity contribution in [3.8, 4) is 0 Å². The molecule has 2 aliphatic heterocycles. The fourth-order valence-corrected chi connectivity index (χ4v) is 4.93. The molecule has 0 spiro atoms. The van der Waals surface area contributed by atoms with E-state index in [9.17, 15) is 13.2 Å². The Bertz CT molecular complexity index is 792. The van der Waals surface area contributed by atoms with Gasteiger partial charge in [-0.05, 0) is 38.1 Å². The third kappa shape index (κ3) is 5.43. The second kappa shape index (κ2) is 9.51. The summed E-state index contributed by atoms with van der Waals surface area (Å²) in [6, 6.07) is 4.35. The zero-order chi connectivity index (χ0) is 20.1. The number of nitrogens with one attached hydrogen (secondary N) is 1. The molecule has 1 amide bonds. The van der Waals surface area contributed by atoms with Gasteiger partial charge in [0.1, 0.15) is 0 Å². The summed E-state index contributed by atoms with van der Waals surface area (Å²) in [5.41, 5.74) is 0.284. The monoisotopic (exact) mass is 431 g/mol. The molecular weight excluding hydrogens is 406 g/mol. The van der Waals surface area contributed by atoms with Gasteiger partial charge in [-0.1, -0.05) is 11.6 Å². The third-order valence-electron chi connectivity index (χ3n) is 4.77. The molecule has 10 heteroatoms. The molecule has 0 saturated carbocycles. The van der Waals surface area contributed by atoms with Gasteiger partial charge in [-0.25, -0.2) is 8.42 Å². The Hall–Kier alpha value is -1.23. The van der Waals surface area contributed by atoms with E-state index in [-0.39, 0.29) is 34.2 Å². The average Bonchev–Trinajstić information content (AvgIpc) is 3.16. The summed E-state index contributed by atoms with van der Waals surface area (Å²) in [5, 5.41) is 3.01. The predicted molar refractivity (Wildman–Crippen MR) is 106 cm³/mol. The van der Waals surface area contributed by atoms with Gasteiger partial charge in [0.2, 0.25) is 15.9 Å². The van der Waals surface area contributed by atoms with Gasteiger partial charge in [-0.15, -0.1) is 0 Å². The van der Waals surface area contributed by atoms with E-state index in [2.05, 4.69) is 5.32 Å². The van der Waals surface area contributed by atoms with Gasteiger partial charge in [0, 0.05) is 26.2 Å². The number of benzene rings is 1. The highest BCUT2D eigenvalue weighted by Crippen LogP contribution is 2.27. The zero-order valence-corrected chi connectivity index (χ0v) is 17.5. The molecule has 2 saturated heterocycles. The molecule has 0 bridgehead atoms. The molecule has 1 aromatic rings. The first-order chi connectivity index (χ1) is 13.4. The second-order valence-electron chi connectivity index (χ2n) is 7.04. The number of carbonyl (C=O) groups excluding carboxylic acids is 1. The summed E-state index contributed by atoms with van der Waals surface area (Å²) in [6.07, 6.45) is 2.20. The highest BCUT2D eigenvalue weighted by Gasteiger charge is 2.27. The van der Waals surface area contributed by atoms with Gasteiger partial charge in [-0.3, -0.25) is 9.69 Å². The van der Waals surface area contributed by atoms with Gasteiger partial charge in [0.15, 0.2) is 0 Å². The number of carbonyl (C=O) groups is 1. The van der Waals surface area contributed by atoms with Crippen LogP contribution in [0.1, 0.15) is 12.8 Å². The van der Waals surface area contributed by atoms with Crippen LogP contribution >= 0.6 is 11.6 Å². The molecule has 1 N–H and O–H groups in total. The van der Waals surface area contributed by atoms with Gasteiger partial charge in [0.25, 0.3) is 0 Å². The van der Waals surface area contributed by atoms with Crippen molar-refractivity contribution in [3.05, 3.63) is 23.2 Å². The SMILES string of the molecule is CN(CC(=O)Nc1cc(S(=O)(=O)N2CCOCC2)ccc1Cl)C[C@H]1CCCO1. The van der Waals surface area contributed by atoms with E-state index in [4.69, 9.17) is 21.1 Å². The third-order valence-corrected chi connectivity index (χ3v) is 7.00. The summed E-state index contributed by atoms with van der Waals surface area (Å²) in [7, 11) is -1.81. The average molecular weight is 432 g/mol. The van der Waals surface area contributed by atoms with Crippen molar-refractivity contribution in [1.82, 2.24) is 9.21 Å². The van der Waals surface area contributed by atoms with Crippen LogP contribution in [-0.4, -0.2) is 82.7 Å². The minimum atomic E-state index is -3.66. The molecule has 1 aromatic carbocycles. The molecule has 0 aromatic heterocycles. The standard InChI is InChI=1S/C18H26ClN3O5S/c1-21(12-14-3-2-8-27-14)13-18(23)20-17-11-15(4-5-16(17)19)28(24,25)22-6-9-26-10-7-22/h4-5,11,14H,2-3,6-10,12-13H2,1H3,(H,20,23)/t14-/m1/s1. The zero-order valence-electron chi connectivity index (χ0n) is 15.9. The highest BCUT2D eigenvalue weighted by molar-refractivity contribution is 7.89. The fourth-order valence-electron chi connectivity index (χ4n) is 3.33. The molecule has 156 valence electrons. The first-order valence-corrected chi connectivity index (χ1v) is 11.2. The fraction of sp³-hybridized carbons (Fsp3) is 0.611. The Morgan fingerprint density at radius 2 is 2.07 bits per heavy atom. The van der Waals surface area contributed by atoms with Crippen LogP contribution in [0.3, 0.4) is 0 Å². The lowest BCUT2D eigenvalue weighted by molar-refractivity contribution is -0.117. The van der Waals surface area contributed by atoms with Gasteiger partial charge >= 0.3 is 0 Å². The Morgan fingerprint density at radius 3 is 2.75 bits per heavy atom. The van der Waals surface area contributed by atoms with Crippen LogP contribution in [0, 0.1) is 0 Å². The molecule has 28 heavy (non-hydrogen) atoms. The Morgan fingerprint density at radius 1 is 1.32 bits per heavy atom. The van der Waals surface area contributed by atoms with E-state index in [0.29, 0.717) is 32.8 Å². The number of morpholine rings is 1. The van der Waals surface area contributed by atoms with E-state index in [1.807, 2.05) is 11.9 Å². The predicted octanol–water partition coefficient (Wildman–Crippen LogP) is 1.41. The number of likely N-dealkylation sites (N-methyl/N-ethyl adjacent to an activating group) is 1. The molecule has 8 nitrogen and oxygen atoms in total. The van der Waals surface area contributed by atoms with E-state index in [1.165, 1.54) is 22.5 Å². The molecule has 0 aliphatic carbocycles. The number of nitrogens with zero attached hydrogens (tertiary/aromatic N) is 2. The lowest BCUT2D eigenvalue weighted by atomic mass is 10.2. The molecule has 1 atom stereocenters. The molecule has 2 aliphatic rings. The molecule has 2 fully saturated rings. The van der Waals surface area contributed by atoms with Crippen LogP contribution in [0.25, 0.3) is 0 Å². The number of amides is 1. The summed E-state index contributed by atoms with van der Waals surface area (Å²) in [4.78, 5) is 14.4. The van der Waals surface area contributed by atoms with Crippen LogP contribution in [0.2, 0.25) is 5.02 Å². The first-order valence-electron chi connectivity index (χ1n) is 9.34. The van der Waals surface area contributed by atoms with E-state index in [1.54, 1.807) is 0 Å². The van der Waals surface area contributed by atoms with Crippen LogP contribution in [0.15, 0.2) is 23.1 Å². The Kier molecular flexibility index (Phi) is 7.30. The van der Waals surface area contributed by atoms with E-state index >= 15 is 0 Å². The summed E-state index contributed by atoms with van der Waals surface area (Å²) in [6.45, 7) is 2.95. The van der Waals surface area contributed by atoms with Crippen LogP contribution < -0.4 is 5.32 Å². The maximum absolute atomic E-state index is 12.8. The lowest BCUT2D eigenvalue weighted by Crippen LogP contribution is -2.40. The molecule has 0 unspecified atom stereocenters. The molecular formula is C18H26ClN3O5S. The smallest absolute Gasteiger partial charge is 0.243 e. The number of ether oxygens (including phenoxy) is 2. The van der Waals surface area contributed by atoms with E-state index < -0.39 is 10.0 Å². The van der Waals surface area contributed by atoms with Crippen molar-refractivity contribution < 1.29 is 22.7 Å². The van der Waals surface area contributed by atoms with Crippen molar-refractivity contribution in [2.24, 2.45) is 0 Å². The van der Waals surface area contributed by atoms with Gasteiger partial charge in [-0.2, -0.15) is 4.31 Å². The number of halogens is 1. The van der Waals surface area contributed by atoms with Crippen molar-refractivity contribution in [2.75, 3.05) is 58.4 Å². The summed E-state index contributed by atoms with van der Waals surface area (Å²) < 4.78 is 37.8. The number of sulfonamides is 1. The minimum Gasteiger partial charge on any atom is -0.379 e. The number of hydrogen-bond donors (Lipinski definition) is 1. The van der Waals surface area contributed by atoms with Crippen molar-refractivity contribution in [3.63, 3.8) is 0 Å². The Labute approximate surface area is 170 Å². The maximum Gasteiger partial charge on any atom is 0.243 e. The first kappa shape index (κ1) is 21.5. The molecule has 0 radical (unpaired) electrons. The topological polar surface area (TPSA) is 88.2 Å². The summed E-state index contributed by atoms with van der Waals surface area (Å²) >= 11 is 6.17. The van der Waals surface area contributed by atoms with Crippen LogP contribution in [-0.2, 0) is 24.3 Å². The number of rotatable bonds is 7. The van der Waals surface area contributed by atoms with Crippen LogP contribution in [0.5, 0.6) is 0 Å². The van der Waals surface area contributed by atoms with Crippen molar-refractivity contribution in [2.45, 2.75) is 23.8 Å². The van der Waals surface area contributed by atoms with Crippen molar-refractivity contribution in [1.29, 1.82) is 0 Å². The quantitative estimate of drug-likeness (QED) is 0.702. The molecule has 3 rings (SSSR count). The summed E-state index contributed by atoms with van der Waals surface area (Å²) in [5.74, 6) is -0.261. The minimum absolute atomic E-state index is 0.0989. The van der Waals surface area contributed by atoms with E-state index in [0.717, 1.165) is 19.4 Å². The largest absolute Gasteiger partial charge is 0.379 e. The van der Waals surface area contributed by atoms with Gasteiger partial charge in [0.05, 0.1) is 41.5 Å². The normalized spacial score (nSPS) is 21.2. The highest BCUT2D eigenvalue weighted by atomic mass is 35.5. The lowest BCUT2D eigenvalue weighted by Gasteiger charge is -2.26. The Balaban J connectivity index is 1.64. The number of anilines is 1. The van der Waals surface area contributed by atoms with Crippen molar-refractivity contribution >= 4 is 33.2 Å². The van der Waals surface area contributed by atoms with Crippen LogP contribution in [0.4, 0.5) is 5.69 Å². The van der Waals surface area contributed by atoms with Gasteiger partial charge < -0.3 is 14.8 Å². The number of hydrogen-bond acceptors (Lipinski definition) is 6. The maximum atomic E-state index is 12.8.